The summed E-state index contributed by atoms with van der Waals surface area (Å²) in [7, 11) is -2.79. The van der Waals surface area contributed by atoms with Crippen LogP contribution in [0.3, 0.4) is 0 Å². The van der Waals surface area contributed by atoms with Crippen LogP contribution in [0.5, 0.6) is 0 Å². The van der Waals surface area contributed by atoms with E-state index < -0.39 is 27.3 Å². The van der Waals surface area contributed by atoms with Gasteiger partial charge in [-0.2, -0.15) is 0 Å². The van der Waals surface area contributed by atoms with Crippen molar-refractivity contribution in [3.63, 3.8) is 0 Å². The van der Waals surface area contributed by atoms with Crippen LogP contribution in [0.1, 0.15) is 31.9 Å². The largest absolute Gasteiger partial charge is 0.400 e. The van der Waals surface area contributed by atoms with E-state index in [0.717, 1.165) is 13.5 Å². The fraction of sp³-hybridized carbons (Fsp3) is 0.389. The van der Waals surface area contributed by atoms with E-state index >= 15 is 0 Å². The van der Waals surface area contributed by atoms with E-state index in [-0.39, 0.29) is 10.5 Å². The first-order chi connectivity index (χ1) is 12.0. The standard InChI is InChI=1S/C15H15NO4S.C2H6.CH4O/c17-13(10-5-3-1-2-4-6-10)15-14(18)11-9-16-8-7-12(11)21(15,19)20;2*1-2/h1,3-9,13-15,17-18H,2H2;1-2H3;2H,1H3. The molecule has 25 heavy (non-hydrogen) atoms. The quantitative estimate of drug-likeness (QED) is 0.734. The Morgan fingerprint density at radius 2 is 1.92 bits per heavy atom. The van der Waals surface area contributed by atoms with Gasteiger partial charge >= 0.3 is 0 Å². The predicted octanol–water partition coefficient (Wildman–Crippen LogP) is 1.71. The maximum absolute atomic E-state index is 12.5. The van der Waals surface area contributed by atoms with Gasteiger partial charge in [0.25, 0.3) is 0 Å². The zero-order chi connectivity index (χ0) is 19.0. The molecule has 138 valence electrons. The van der Waals surface area contributed by atoms with Crippen molar-refractivity contribution in [2.75, 3.05) is 7.11 Å². The van der Waals surface area contributed by atoms with Crippen LogP contribution in [0.15, 0.2) is 59.3 Å². The Balaban J connectivity index is 0.000000730. The summed E-state index contributed by atoms with van der Waals surface area (Å²) in [4.78, 5) is 3.89. The summed E-state index contributed by atoms with van der Waals surface area (Å²) in [5, 5.41) is 26.5. The summed E-state index contributed by atoms with van der Waals surface area (Å²) < 4.78 is 25.1. The van der Waals surface area contributed by atoms with Gasteiger partial charge in [0.1, 0.15) is 11.4 Å². The van der Waals surface area contributed by atoms with Crippen molar-refractivity contribution in [1.29, 1.82) is 0 Å². The maximum Gasteiger partial charge on any atom is 0.187 e. The molecule has 0 aromatic carbocycles. The molecule has 7 heteroatoms. The highest BCUT2D eigenvalue weighted by Crippen LogP contribution is 2.41. The zero-order valence-corrected chi connectivity index (χ0v) is 15.4. The van der Waals surface area contributed by atoms with Crippen molar-refractivity contribution < 1.29 is 23.7 Å². The highest BCUT2D eigenvalue weighted by atomic mass is 32.2. The normalized spacial score (nSPS) is 23.8. The minimum atomic E-state index is -3.79. The molecular formula is C18H25NO5S. The van der Waals surface area contributed by atoms with Crippen molar-refractivity contribution >= 4 is 9.84 Å². The van der Waals surface area contributed by atoms with E-state index in [2.05, 4.69) is 4.98 Å². The average molecular weight is 367 g/mol. The highest BCUT2D eigenvalue weighted by molar-refractivity contribution is 7.92. The van der Waals surface area contributed by atoms with Crippen molar-refractivity contribution in [3.8, 4) is 0 Å². The first kappa shape index (κ1) is 21.2. The van der Waals surface area contributed by atoms with Crippen LogP contribution in [0.25, 0.3) is 0 Å². The van der Waals surface area contributed by atoms with Crippen LogP contribution in [0.4, 0.5) is 0 Å². The number of aromatic nitrogens is 1. The van der Waals surface area contributed by atoms with Gasteiger partial charge in [-0.25, -0.2) is 8.42 Å². The SMILES string of the molecule is CC.CO.O=S1(=O)c2ccncc2C(O)C1C(O)C1=CC=CCC=C1. The smallest absolute Gasteiger partial charge is 0.187 e. The van der Waals surface area contributed by atoms with E-state index in [9.17, 15) is 18.6 Å². The molecule has 3 atom stereocenters. The molecule has 0 saturated heterocycles. The molecule has 2 aliphatic rings. The number of pyridine rings is 1. The fourth-order valence-corrected chi connectivity index (χ4v) is 4.72. The average Bonchev–Trinajstić information content (AvgIpc) is 2.85. The summed E-state index contributed by atoms with van der Waals surface area (Å²) >= 11 is 0. The number of sulfone groups is 1. The summed E-state index contributed by atoms with van der Waals surface area (Å²) in [6, 6.07) is 1.36. The second kappa shape index (κ2) is 9.62. The van der Waals surface area contributed by atoms with Gasteiger partial charge in [-0.05, 0) is 18.1 Å². The lowest BCUT2D eigenvalue weighted by Crippen LogP contribution is -2.35. The summed E-state index contributed by atoms with van der Waals surface area (Å²) in [5.41, 5.74) is 0.715. The van der Waals surface area contributed by atoms with Crippen LogP contribution in [-0.2, 0) is 9.84 Å². The minimum Gasteiger partial charge on any atom is -0.400 e. The van der Waals surface area contributed by atoms with Crippen molar-refractivity contribution in [2.45, 2.75) is 42.6 Å². The number of aliphatic hydroxyl groups is 3. The third-order valence-corrected chi connectivity index (χ3v) is 5.98. The van der Waals surface area contributed by atoms with Gasteiger partial charge in [-0.3, -0.25) is 4.98 Å². The summed E-state index contributed by atoms with van der Waals surface area (Å²) in [5.74, 6) is 0. The monoisotopic (exact) mass is 367 g/mol. The van der Waals surface area contributed by atoms with Crippen molar-refractivity contribution in [2.24, 2.45) is 0 Å². The van der Waals surface area contributed by atoms with Crippen LogP contribution in [0, 0.1) is 0 Å². The zero-order valence-electron chi connectivity index (χ0n) is 14.6. The highest BCUT2D eigenvalue weighted by Gasteiger charge is 2.48. The number of nitrogens with zero attached hydrogens (tertiary/aromatic N) is 1. The van der Waals surface area contributed by atoms with E-state index in [1.165, 1.54) is 18.5 Å². The molecule has 0 saturated carbocycles. The Kier molecular flexibility index (Phi) is 8.18. The molecule has 1 aromatic rings. The molecule has 1 aliphatic heterocycles. The molecule has 0 amide bonds. The van der Waals surface area contributed by atoms with Gasteiger partial charge in [-0.15, -0.1) is 0 Å². The van der Waals surface area contributed by atoms with Gasteiger partial charge in [-0.1, -0.05) is 44.2 Å². The van der Waals surface area contributed by atoms with E-state index in [4.69, 9.17) is 5.11 Å². The second-order valence-corrected chi connectivity index (χ2v) is 7.12. The molecule has 3 unspecified atom stereocenters. The molecule has 0 radical (unpaired) electrons. The number of allylic oxidation sites excluding steroid dienone is 4. The first-order valence-electron chi connectivity index (χ1n) is 8.05. The summed E-state index contributed by atoms with van der Waals surface area (Å²) in [6.07, 6.45) is 9.69. The number of rotatable bonds is 2. The van der Waals surface area contributed by atoms with Gasteiger partial charge < -0.3 is 15.3 Å². The van der Waals surface area contributed by atoms with Crippen LogP contribution in [0.2, 0.25) is 0 Å². The summed E-state index contributed by atoms with van der Waals surface area (Å²) in [6.45, 7) is 4.00. The van der Waals surface area contributed by atoms with Gasteiger partial charge in [0, 0.05) is 25.1 Å². The van der Waals surface area contributed by atoms with Crippen LogP contribution in [-0.4, -0.2) is 47.2 Å². The lowest BCUT2D eigenvalue weighted by Gasteiger charge is -2.21. The number of fused-ring (bicyclic) bond motifs is 1. The lowest BCUT2D eigenvalue weighted by molar-refractivity contribution is 0.108. The molecule has 3 N–H and O–H groups in total. The molecule has 1 aliphatic carbocycles. The minimum absolute atomic E-state index is 0.0443. The maximum atomic E-state index is 12.5. The lowest BCUT2D eigenvalue weighted by atomic mass is 9.99. The van der Waals surface area contributed by atoms with Crippen molar-refractivity contribution in [1.82, 2.24) is 4.98 Å². The number of hydrogen-bond donors (Lipinski definition) is 3. The van der Waals surface area contributed by atoms with Crippen molar-refractivity contribution in [3.05, 3.63) is 60.0 Å². The Morgan fingerprint density at radius 1 is 1.24 bits per heavy atom. The first-order valence-corrected chi connectivity index (χ1v) is 9.60. The molecule has 0 bridgehead atoms. The topological polar surface area (TPSA) is 108 Å². The van der Waals surface area contributed by atoms with Crippen LogP contribution < -0.4 is 0 Å². The Morgan fingerprint density at radius 3 is 2.56 bits per heavy atom. The number of aliphatic hydroxyl groups excluding tert-OH is 3. The van der Waals surface area contributed by atoms with Gasteiger partial charge in [0.05, 0.1) is 11.0 Å². The van der Waals surface area contributed by atoms with Gasteiger partial charge in [0.2, 0.25) is 0 Å². The molecule has 3 rings (SSSR count). The fourth-order valence-electron chi connectivity index (χ4n) is 2.69. The van der Waals surface area contributed by atoms with E-state index in [1.807, 2.05) is 26.0 Å². The molecule has 1 aromatic heterocycles. The number of hydrogen-bond acceptors (Lipinski definition) is 6. The molecule has 0 fully saturated rings. The Bertz CT molecular complexity index is 752. The molecule has 6 nitrogen and oxygen atoms in total. The Labute approximate surface area is 148 Å². The van der Waals surface area contributed by atoms with E-state index in [0.29, 0.717) is 5.57 Å². The second-order valence-electron chi connectivity index (χ2n) is 5.05. The molecular weight excluding hydrogens is 342 g/mol. The molecule has 0 spiro atoms. The van der Waals surface area contributed by atoms with Crippen LogP contribution >= 0.6 is 0 Å². The third kappa shape index (κ3) is 4.24. The predicted molar refractivity (Wildman–Crippen MR) is 96.6 cm³/mol. The van der Waals surface area contributed by atoms with Gasteiger partial charge in [0.15, 0.2) is 9.84 Å². The van der Waals surface area contributed by atoms with E-state index in [1.54, 1.807) is 18.2 Å². The molecule has 2 heterocycles. The Hall–Kier alpha value is -1.80. The third-order valence-electron chi connectivity index (χ3n) is 3.76.